The first-order chi connectivity index (χ1) is 15.5. The van der Waals surface area contributed by atoms with Crippen LogP contribution >= 0.6 is 23.1 Å². The number of rotatable bonds is 7. The van der Waals surface area contributed by atoms with Gasteiger partial charge in [0, 0.05) is 23.9 Å². The molecule has 32 heavy (non-hydrogen) atoms. The summed E-state index contributed by atoms with van der Waals surface area (Å²) in [4.78, 5) is 35.6. The molecule has 0 N–H and O–H groups in total. The highest BCUT2D eigenvalue weighted by atomic mass is 32.2. The summed E-state index contributed by atoms with van der Waals surface area (Å²) >= 11 is 2.64. The van der Waals surface area contributed by atoms with E-state index in [0.717, 1.165) is 18.5 Å². The minimum absolute atomic E-state index is 0.0591. The number of para-hydroxylation sites is 1. The summed E-state index contributed by atoms with van der Waals surface area (Å²) < 4.78 is 5.48. The molecule has 0 bridgehead atoms. The van der Waals surface area contributed by atoms with Crippen LogP contribution in [0.1, 0.15) is 53.0 Å². The van der Waals surface area contributed by atoms with E-state index < -0.39 is 5.97 Å². The molecule has 0 saturated heterocycles. The predicted octanol–water partition coefficient (Wildman–Crippen LogP) is 5.05. The molecule has 2 aromatic heterocycles. The van der Waals surface area contributed by atoms with Crippen molar-refractivity contribution in [3.63, 3.8) is 0 Å². The number of thioether (sulfide) groups is 1. The fourth-order valence-corrected chi connectivity index (χ4v) is 4.66. The van der Waals surface area contributed by atoms with E-state index in [1.54, 1.807) is 11.4 Å². The maximum Gasteiger partial charge on any atom is 0.340 e. The zero-order chi connectivity index (χ0) is 22.7. The lowest BCUT2D eigenvalue weighted by molar-refractivity contribution is -0.115. The van der Waals surface area contributed by atoms with E-state index in [9.17, 15) is 14.9 Å². The molecule has 162 valence electrons. The highest BCUT2D eigenvalue weighted by Gasteiger charge is 2.29. The van der Waals surface area contributed by atoms with Crippen LogP contribution in [0, 0.1) is 11.3 Å². The lowest BCUT2D eigenvalue weighted by atomic mass is 10.1. The van der Waals surface area contributed by atoms with Gasteiger partial charge in [0.05, 0.1) is 22.5 Å². The molecule has 3 aromatic rings. The van der Waals surface area contributed by atoms with Crippen LogP contribution in [0.5, 0.6) is 0 Å². The number of hydrogen-bond donors (Lipinski definition) is 0. The van der Waals surface area contributed by atoms with Crippen LogP contribution in [-0.4, -0.2) is 28.1 Å². The molecular formula is C23H20N4O3S2. The Morgan fingerprint density at radius 1 is 1.28 bits per heavy atom. The molecule has 1 saturated carbocycles. The second-order valence-corrected chi connectivity index (χ2v) is 8.88. The summed E-state index contributed by atoms with van der Waals surface area (Å²) in [7, 11) is 0. The number of thiazole rings is 1. The van der Waals surface area contributed by atoms with Crippen LogP contribution in [0.15, 0.2) is 46.8 Å². The first-order valence-corrected chi connectivity index (χ1v) is 12.1. The van der Waals surface area contributed by atoms with Gasteiger partial charge >= 0.3 is 5.97 Å². The molecule has 0 aliphatic heterocycles. The van der Waals surface area contributed by atoms with Gasteiger partial charge in [-0.05, 0) is 37.3 Å². The van der Waals surface area contributed by atoms with E-state index in [-0.39, 0.29) is 23.6 Å². The van der Waals surface area contributed by atoms with Crippen LogP contribution in [-0.2, 0) is 16.1 Å². The summed E-state index contributed by atoms with van der Waals surface area (Å²) in [6.45, 7) is 1.41. The summed E-state index contributed by atoms with van der Waals surface area (Å²) in [6, 6.07) is 13.0. The molecule has 4 rings (SSSR count). The van der Waals surface area contributed by atoms with E-state index in [2.05, 4.69) is 16.0 Å². The van der Waals surface area contributed by atoms with E-state index >= 15 is 0 Å². The van der Waals surface area contributed by atoms with Crippen molar-refractivity contribution in [3.8, 4) is 6.07 Å². The van der Waals surface area contributed by atoms with Crippen LogP contribution in [0.4, 0.5) is 10.8 Å². The molecule has 2 heterocycles. The molecule has 0 unspecified atom stereocenters. The maximum absolute atomic E-state index is 12.8. The van der Waals surface area contributed by atoms with Crippen LogP contribution < -0.4 is 4.90 Å². The average Bonchev–Trinajstić information content (AvgIpc) is 3.56. The molecule has 7 nitrogen and oxygen atoms in total. The quantitative estimate of drug-likeness (QED) is 0.356. The molecule has 1 fully saturated rings. The third-order valence-electron chi connectivity index (χ3n) is 4.94. The van der Waals surface area contributed by atoms with Crippen molar-refractivity contribution in [1.29, 1.82) is 5.26 Å². The highest BCUT2D eigenvalue weighted by Crippen LogP contribution is 2.40. The molecular weight excluding hydrogens is 444 g/mol. The summed E-state index contributed by atoms with van der Waals surface area (Å²) in [5.41, 5.74) is 2.54. The van der Waals surface area contributed by atoms with Gasteiger partial charge in [-0.2, -0.15) is 5.26 Å². The summed E-state index contributed by atoms with van der Waals surface area (Å²) in [6.07, 6.45) is 3.91. The lowest BCUT2D eigenvalue weighted by Crippen LogP contribution is -2.22. The van der Waals surface area contributed by atoms with Gasteiger partial charge < -0.3 is 4.74 Å². The SMILES string of the molecule is CSc1nc(C2CC2)cc(C(=O)OCc2csc(N(C(C)=O)c3ccccc3)n2)c1C#N. The molecule has 0 radical (unpaired) electrons. The van der Waals surface area contributed by atoms with Crippen molar-refractivity contribution in [2.24, 2.45) is 0 Å². The normalized spacial score (nSPS) is 12.8. The number of carbonyl (C=O) groups is 2. The second-order valence-electron chi connectivity index (χ2n) is 7.25. The first kappa shape index (κ1) is 22.0. The third kappa shape index (κ3) is 4.66. The van der Waals surface area contributed by atoms with Crippen molar-refractivity contribution < 1.29 is 14.3 Å². The van der Waals surface area contributed by atoms with Gasteiger partial charge in [-0.3, -0.25) is 9.69 Å². The van der Waals surface area contributed by atoms with Crippen LogP contribution in [0.25, 0.3) is 0 Å². The fourth-order valence-electron chi connectivity index (χ4n) is 3.23. The largest absolute Gasteiger partial charge is 0.456 e. The van der Waals surface area contributed by atoms with Gasteiger partial charge in [-0.1, -0.05) is 18.2 Å². The number of nitriles is 1. The third-order valence-corrected chi connectivity index (χ3v) is 6.49. The number of benzene rings is 1. The molecule has 0 atom stereocenters. The van der Waals surface area contributed by atoms with Crippen molar-refractivity contribution in [3.05, 3.63) is 64.3 Å². The smallest absolute Gasteiger partial charge is 0.340 e. The summed E-state index contributed by atoms with van der Waals surface area (Å²) in [5.74, 6) is -0.402. The number of aromatic nitrogens is 2. The van der Waals surface area contributed by atoms with Gasteiger partial charge in [0.1, 0.15) is 17.7 Å². The number of esters is 1. The summed E-state index contributed by atoms with van der Waals surface area (Å²) in [5, 5.41) is 12.4. The zero-order valence-electron chi connectivity index (χ0n) is 17.6. The minimum atomic E-state index is -0.581. The average molecular weight is 465 g/mol. The maximum atomic E-state index is 12.8. The van der Waals surface area contributed by atoms with E-state index in [4.69, 9.17) is 4.74 Å². The van der Waals surface area contributed by atoms with Crippen molar-refractivity contribution in [2.75, 3.05) is 11.2 Å². The Morgan fingerprint density at radius 3 is 2.66 bits per heavy atom. The molecule has 1 amide bonds. The van der Waals surface area contributed by atoms with Gasteiger partial charge in [-0.15, -0.1) is 23.1 Å². The van der Waals surface area contributed by atoms with Gasteiger partial charge in [0.2, 0.25) is 5.91 Å². The Balaban J connectivity index is 1.52. The Hall–Kier alpha value is -3.22. The number of anilines is 2. The van der Waals surface area contributed by atoms with Crippen molar-refractivity contribution >= 4 is 45.8 Å². The topological polar surface area (TPSA) is 96.2 Å². The van der Waals surface area contributed by atoms with E-state index in [1.165, 1.54) is 34.9 Å². The van der Waals surface area contributed by atoms with Crippen molar-refractivity contribution in [2.45, 2.75) is 37.3 Å². The zero-order valence-corrected chi connectivity index (χ0v) is 19.2. The standard InChI is InChI=1S/C23H20N4O3S2/c1-14(28)27(17-6-4-3-5-7-17)23-25-16(13-32-23)12-30-22(29)18-10-20(15-8-9-15)26-21(31-2)19(18)11-24/h3-7,10,13,15H,8-9,12H2,1-2H3. The Bertz CT molecular complexity index is 1200. The van der Waals surface area contributed by atoms with Gasteiger partial charge in [0.15, 0.2) is 5.13 Å². The molecule has 1 aliphatic carbocycles. The molecule has 9 heteroatoms. The van der Waals surface area contributed by atoms with Gasteiger partial charge in [-0.25, -0.2) is 14.8 Å². The Labute approximate surface area is 194 Å². The second kappa shape index (κ2) is 9.51. The number of amides is 1. The van der Waals surface area contributed by atoms with Crippen LogP contribution in [0.3, 0.4) is 0 Å². The monoisotopic (exact) mass is 464 g/mol. The van der Waals surface area contributed by atoms with E-state index in [1.807, 2.05) is 36.6 Å². The first-order valence-electron chi connectivity index (χ1n) is 9.98. The van der Waals surface area contributed by atoms with Crippen molar-refractivity contribution in [1.82, 2.24) is 9.97 Å². The fraction of sp³-hybridized carbons (Fsp3) is 0.261. The number of hydrogen-bond acceptors (Lipinski definition) is 8. The molecule has 1 aromatic carbocycles. The number of pyridine rings is 1. The highest BCUT2D eigenvalue weighted by molar-refractivity contribution is 7.98. The van der Waals surface area contributed by atoms with Gasteiger partial charge in [0.25, 0.3) is 0 Å². The Kier molecular flexibility index (Phi) is 6.53. The minimum Gasteiger partial charge on any atom is -0.456 e. The van der Waals surface area contributed by atoms with E-state index in [0.29, 0.717) is 27.5 Å². The number of carbonyl (C=O) groups excluding carboxylic acids is 2. The van der Waals surface area contributed by atoms with Crippen LogP contribution in [0.2, 0.25) is 0 Å². The number of nitrogens with zero attached hydrogens (tertiary/aromatic N) is 4. The number of ether oxygens (including phenoxy) is 1. The predicted molar refractivity (Wildman–Crippen MR) is 123 cm³/mol. The lowest BCUT2D eigenvalue weighted by Gasteiger charge is -2.17. The molecule has 1 aliphatic rings. The molecule has 0 spiro atoms. The Morgan fingerprint density at radius 2 is 2.03 bits per heavy atom.